The van der Waals surface area contributed by atoms with Crippen LogP contribution in [0.4, 0.5) is 0 Å². The molecule has 0 fully saturated rings. The van der Waals surface area contributed by atoms with Gasteiger partial charge in [-0.25, -0.2) is 4.79 Å². The third kappa shape index (κ3) is 6.66. The van der Waals surface area contributed by atoms with Crippen LogP contribution in [0.25, 0.3) is 0 Å². The van der Waals surface area contributed by atoms with Crippen LogP contribution >= 0.6 is 0 Å². The molecule has 0 saturated heterocycles. The van der Waals surface area contributed by atoms with Crippen LogP contribution in [0.15, 0.2) is 24.3 Å². The maximum Gasteiger partial charge on any atom is 0.329 e. The molecular formula is C22H34N2O4. The first-order valence-electron chi connectivity index (χ1n) is 9.87. The highest BCUT2D eigenvalue weighted by atomic mass is 16.5. The fourth-order valence-corrected chi connectivity index (χ4v) is 2.73. The molecule has 2 amide bonds. The van der Waals surface area contributed by atoms with Crippen molar-refractivity contribution in [2.75, 3.05) is 19.7 Å². The number of nitrogens with zero attached hydrogens (tertiary/aromatic N) is 1. The van der Waals surface area contributed by atoms with Crippen molar-refractivity contribution in [3.63, 3.8) is 0 Å². The van der Waals surface area contributed by atoms with Crippen LogP contribution in [0.5, 0.6) is 0 Å². The Labute approximate surface area is 168 Å². The minimum atomic E-state index is -0.820. The number of likely N-dealkylation sites (N-methyl/N-ethyl adjacent to an activating group) is 1. The van der Waals surface area contributed by atoms with E-state index in [1.54, 1.807) is 17.0 Å². The zero-order valence-electron chi connectivity index (χ0n) is 18.2. The average molecular weight is 391 g/mol. The first-order valence-corrected chi connectivity index (χ1v) is 9.87. The van der Waals surface area contributed by atoms with Crippen LogP contribution in [-0.4, -0.2) is 48.4 Å². The second-order valence-electron chi connectivity index (χ2n) is 8.20. The summed E-state index contributed by atoms with van der Waals surface area (Å²) >= 11 is 0. The second-order valence-corrected chi connectivity index (χ2v) is 8.20. The van der Waals surface area contributed by atoms with E-state index in [1.165, 1.54) is 0 Å². The van der Waals surface area contributed by atoms with Crippen LogP contribution in [0.1, 0.15) is 64.4 Å². The van der Waals surface area contributed by atoms with E-state index in [9.17, 15) is 14.4 Å². The van der Waals surface area contributed by atoms with Crippen molar-refractivity contribution in [3.8, 4) is 0 Å². The normalized spacial score (nSPS) is 12.4. The van der Waals surface area contributed by atoms with Crippen molar-refractivity contribution in [2.24, 2.45) is 5.92 Å². The molecule has 0 heterocycles. The van der Waals surface area contributed by atoms with Crippen LogP contribution < -0.4 is 5.32 Å². The summed E-state index contributed by atoms with van der Waals surface area (Å²) in [4.78, 5) is 38.6. The molecule has 28 heavy (non-hydrogen) atoms. The second kappa shape index (κ2) is 10.2. The number of hydrogen-bond donors (Lipinski definition) is 1. The molecule has 1 aromatic rings. The van der Waals surface area contributed by atoms with Gasteiger partial charge in [0, 0.05) is 18.7 Å². The lowest BCUT2D eigenvalue weighted by Crippen LogP contribution is -2.46. The number of carbonyl (C=O) groups excluding carboxylic acids is 3. The Morgan fingerprint density at radius 3 is 2.00 bits per heavy atom. The maximum absolute atomic E-state index is 12.6. The zero-order chi connectivity index (χ0) is 21.5. The molecular weight excluding hydrogens is 356 g/mol. The molecule has 0 aliphatic rings. The smallest absolute Gasteiger partial charge is 0.329 e. The third-order valence-corrected chi connectivity index (χ3v) is 4.67. The quantitative estimate of drug-likeness (QED) is 0.692. The molecule has 0 unspecified atom stereocenters. The van der Waals surface area contributed by atoms with E-state index in [-0.39, 0.29) is 29.8 Å². The van der Waals surface area contributed by atoms with Gasteiger partial charge in [-0.1, -0.05) is 46.8 Å². The first kappa shape index (κ1) is 23.7. The average Bonchev–Trinajstić information content (AvgIpc) is 2.64. The maximum atomic E-state index is 12.6. The van der Waals surface area contributed by atoms with E-state index < -0.39 is 12.0 Å². The SMILES string of the molecule is CCN(CC)C(=O)COC(=O)[C@H](NC(=O)c1ccc(C(C)(C)C)cc1)C(C)C. The number of hydrogen-bond acceptors (Lipinski definition) is 4. The summed E-state index contributed by atoms with van der Waals surface area (Å²) in [5.74, 6) is -1.36. The van der Waals surface area contributed by atoms with Gasteiger partial charge in [0.1, 0.15) is 6.04 Å². The standard InChI is InChI=1S/C22H34N2O4/c1-8-24(9-2)18(25)14-28-21(27)19(15(3)4)23-20(26)16-10-12-17(13-11-16)22(5,6)7/h10-13,15,19H,8-9,14H2,1-7H3,(H,23,26)/t19-/m1/s1. The zero-order valence-corrected chi connectivity index (χ0v) is 18.2. The summed E-state index contributed by atoms with van der Waals surface area (Å²) in [6.07, 6.45) is 0. The highest BCUT2D eigenvalue weighted by Gasteiger charge is 2.27. The van der Waals surface area contributed by atoms with Crippen molar-refractivity contribution in [3.05, 3.63) is 35.4 Å². The topological polar surface area (TPSA) is 75.7 Å². The Morgan fingerprint density at radius 1 is 1.04 bits per heavy atom. The minimum absolute atomic E-state index is 0.00329. The number of esters is 1. The lowest BCUT2D eigenvalue weighted by atomic mass is 9.86. The van der Waals surface area contributed by atoms with E-state index in [0.29, 0.717) is 18.7 Å². The molecule has 0 aliphatic carbocycles. The molecule has 0 aromatic heterocycles. The Morgan fingerprint density at radius 2 is 1.57 bits per heavy atom. The molecule has 0 saturated carbocycles. The van der Waals surface area contributed by atoms with Gasteiger partial charge in [-0.2, -0.15) is 0 Å². The molecule has 1 rings (SSSR count). The van der Waals surface area contributed by atoms with Crippen molar-refractivity contribution in [1.82, 2.24) is 10.2 Å². The molecule has 156 valence electrons. The van der Waals surface area contributed by atoms with Gasteiger partial charge in [-0.3, -0.25) is 9.59 Å². The van der Waals surface area contributed by atoms with Crippen molar-refractivity contribution >= 4 is 17.8 Å². The summed E-state index contributed by atoms with van der Waals surface area (Å²) in [5, 5.41) is 2.73. The minimum Gasteiger partial charge on any atom is -0.454 e. The van der Waals surface area contributed by atoms with Gasteiger partial charge in [0.15, 0.2) is 6.61 Å². The fraction of sp³-hybridized carbons (Fsp3) is 0.591. The highest BCUT2D eigenvalue weighted by molar-refractivity contribution is 5.97. The van der Waals surface area contributed by atoms with Gasteiger partial charge in [-0.15, -0.1) is 0 Å². The summed E-state index contributed by atoms with van der Waals surface area (Å²) < 4.78 is 5.17. The molecule has 6 heteroatoms. The van der Waals surface area contributed by atoms with E-state index in [0.717, 1.165) is 5.56 Å². The molecule has 1 N–H and O–H groups in total. The molecule has 1 aromatic carbocycles. The number of amides is 2. The highest BCUT2D eigenvalue weighted by Crippen LogP contribution is 2.22. The summed E-state index contributed by atoms with van der Waals surface area (Å²) in [6.45, 7) is 14.5. The van der Waals surface area contributed by atoms with Gasteiger partial charge in [-0.05, 0) is 42.9 Å². The Balaban J connectivity index is 2.77. The van der Waals surface area contributed by atoms with E-state index in [2.05, 4.69) is 26.1 Å². The molecule has 6 nitrogen and oxygen atoms in total. The molecule has 0 spiro atoms. The third-order valence-electron chi connectivity index (χ3n) is 4.67. The molecule has 0 aliphatic heterocycles. The molecule has 1 atom stereocenters. The van der Waals surface area contributed by atoms with E-state index in [1.807, 2.05) is 39.8 Å². The molecule has 0 bridgehead atoms. The number of nitrogens with one attached hydrogen (secondary N) is 1. The number of carbonyl (C=O) groups is 3. The van der Waals surface area contributed by atoms with Gasteiger partial charge < -0.3 is 15.0 Å². The number of ether oxygens (including phenoxy) is 1. The number of rotatable bonds is 8. The van der Waals surface area contributed by atoms with Crippen LogP contribution in [0.3, 0.4) is 0 Å². The van der Waals surface area contributed by atoms with Gasteiger partial charge in [0.25, 0.3) is 11.8 Å². The van der Waals surface area contributed by atoms with E-state index in [4.69, 9.17) is 4.74 Å². The van der Waals surface area contributed by atoms with Gasteiger partial charge in [0.2, 0.25) is 0 Å². The van der Waals surface area contributed by atoms with E-state index >= 15 is 0 Å². The summed E-state index contributed by atoms with van der Waals surface area (Å²) in [6, 6.07) is 6.52. The summed E-state index contributed by atoms with van der Waals surface area (Å²) in [5.41, 5.74) is 1.60. The Bertz CT molecular complexity index is 671. The summed E-state index contributed by atoms with van der Waals surface area (Å²) in [7, 11) is 0. The Kier molecular flexibility index (Phi) is 8.66. The number of benzene rings is 1. The van der Waals surface area contributed by atoms with Crippen molar-refractivity contribution < 1.29 is 19.1 Å². The monoisotopic (exact) mass is 390 g/mol. The van der Waals surface area contributed by atoms with Crippen LogP contribution in [0.2, 0.25) is 0 Å². The Hall–Kier alpha value is -2.37. The van der Waals surface area contributed by atoms with Crippen molar-refractivity contribution in [1.29, 1.82) is 0 Å². The first-order chi connectivity index (χ1) is 13.0. The van der Waals surface area contributed by atoms with Gasteiger partial charge >= 0.3 is 5.97 Å². The predicted octanol–water partition coefficient (Wildman–Crippen LogP) is 3.15. The van der Waals surface area contributed by atoms with Crippen LogP contribution in [0, 0.1) is 5.92 Å². The lowest BCUT2D eigenvalue weighted by Gasteiger charge is -2.23. The van der Waals surface area contributed by atoms with Gasteiger partial charge in [0.05, 0.1) is 0 Å². The van der Waals surface area contributed by atoms with Crippen molar-refractivity contribution in [2.45, 2.75) is 59.9 Å². The van der Waals surface area contributed by atoms with Crippen LogP contribution in [-0.2, 0) is 19.7 Å². The lowest BCUT2D eigenvalue weighted by molar-refractivity contribution is -0.154. The fourth-order valence-electron chi connectivity index (χ4n) is 2.73. The largest absolute Gasteiger partial charge is 0.454 e. The predicted molar refractivity (Wildman–Crippen MR) is 110 cm³/mol. The molecule has 0 radical (unpaired) electrons.